The van der Waals surface area contributed by atoms with E-state index in [2.05, 4.69) is 9.88 Å². The summed E-state index contributed by atoms with van der Waals surface area (Å²) in [6.07, 6.45) is -3.55. The summed E-state index contributed by atoms with van der Waals surface area (Å²) in [6, 6.07) is 5.19. The lowest BCUT2D eigenvalue weighted by molar-refractivity contribution is -0.193. The Bertz CT molecular complexity index is 991. The van der Waals surface area contributed by atoms with Gasteiger partial charge >= 0.3 is 24.3 Å². The number of alkyl halides is 6. The van der Waals surface area contributed by atoms with E-state index in [1.165, 1.54) is 12.3 Å². The molecular weight excluding hydrogens is 525 g/mol. The number of pyridine rings is 1. The predicted octanol–water partition coefficient (Wildman–Crippen LogP) is 3.89. The van der Waals surface area contributed by atoms with Crippen molar-refractivity contribution in [2.45, 2.75) is 50.0 Å². The number of ether oxygens (including phenoxy) is 2. The molecule has 2 N–H and O–H groups in total. The number of carboxylic acid groups (broad SMARTS) is 2. The van der Waals surface area contributed by atoms with Crippen LogP contribution in [0.5, 0.6) is 5.88 Å². The quantitative estimate of drug-likeness (QED) is 0.550. The molecule has 2 aromatic rings. The van der Waals surface area contributed by atoms with Gasteiger partial charge in [0, 0.05) is 30.9 Å². The van der Waals surface area contributed by atoms with Crippen LogP contribution in [-0.2, 0) is 20.9 Å². The van der Waals surface area contributed by atoms with E-state index >= 15 is 0 Å². The lowest BCUT2D eigenvalue weighted by Crippen LogP contribution is -2.51. The minimum atomic E-state index is -5.08. The van der Waals surface area contributed by atoms with Gasteiger partial charge in [-0.3, -0.25) is 4.90 Å². The van der Waals surface area contributed by atoms with Gasteiger partial charge in [0.15, 0.2) is 5.82 Å². The molecule has 0 spiro atoms. The second kappa shape index (κ2) is 12.7. The van der Waals surface area contributed by atoms with E-state index in [1.807, 2.05) is 6.07 Å². The third-order valence-electron chi connectivity index (χ3n) is 5.09. The summed E-state index contributed by atoms with van der Waals surface area (Å²) >= 11 is 0. The lowest BCUT2D eigenvalue weighted by Gasteiger charge is -2.38. The maximum Gasteiger partial charge on any atom is 0.490 e. The van der Waals surface area contributed by atoms with Gasteiger partial charge in [-0.1, -0.05) is 0 Å². The molecule has 1 aliphatic carbocycles. The molecule has 16 heteroatoms. The monoisotopic (exact) mass is 546 g/mol. The van der Waals surface area contributed by atoms with Gasteiger partial charge in [0.2, 0.25) is 0 Å². The Morgan fingerprint density at radius 2 is 1.70 bits per heavy atom. The van der Waals surface area contributed by atoms with Crippen molar-refractivity contribution in [3.05, 3.63) is 48.3 Å². The average Bonchev–Trinajstić information content (AvgIpc) is 3.46. The first-order valence-electron chi connectivity index (χ1n) is 10.4. The number of morpholine rings is 1. The highest BCUT2D eigenvalue weighted by atomic mass is 19.4. The molecule has 3 heterocycles. The summed E-state index contributed by atoms with van der Waals surface area (Å²) < 4.78 is 94.1. The van der Waals surface area contributed by atoms with Crippen molar-refractivity contribution in [1.29, 1.82) is 0 Å². The molecule has 206 valence electrons. The fourth-order valence-corrected chi connectivity index (χ4v) is 3.53. The summed E-state index contributed by atoms with van der Waals surface area (Å²) in [7, 11) is 0. The third kappa shape index (κ3) is 9.20. The Morgan fingerprint density at radius 3 is 2.22 bits per heavy atom. The molecule has 2 aromatic heterocycles. The molecule has 1 saturated carbocycles. The smallest absolute Gasteiger partial charge is 0.475 e. The molecule has 0 aromatic carbocycles. The fourth-order valence-electron chi connectivity index (χ4n) is 3.53. The Balaban J connectivity index is 0.000000286. The number of furan rings is 1. The van der Waals surface area contributed by atoms with E-state index in [1.54, 1.807) is 18.6 Å². The van der Waals surface area contributed by atoms with E-state index in [0.717, 1.165) is 31.5 Å². The normalized spacial score (nSPS) is 21.5. The standard InChI is InChI=1S/C17H19FN2O3.2C2HF3O2/c18-13-2-1-6-19-17(13)23-15-4-3-14-16(15)22-9-7-20(14)10-12-5-8-21-11-12;2*3-2(4,5)1(6)7/h1-2,5-6,8,11,14-16H,3-4,7,9-10H2;2*(H,6,7)/t14-,15+,16+;;/m0../s1. The van der Waals surface area contributed by atoms with Gasteiger partial charge in [-0.2, -0.15) is 26.3 Å². The van der Waals surface area contributed by atoms with Gasteiger partial charge < -0.3 is 24.1 Å². The van der Waals surface area contributed by atoms with E-state index in [9.17, 15) is 30.7 Å². The molecule has 2 fully saturated rings. The number of aromatic nitrogens is 1. The first-order valence-corrected chi connectivity index (χ1v) is 10.4. The summed E-state index contributed by atoms with van der Waals surface area (Å²) in [4.78, 5) is 24.2. The Morgan fingerprint density at radius 1 is 1.08 bits per heavy atom. The van der Waals surface area contributed by atoms with Crippen LogP contribution < -0.4 is 4.74 Å². The van der Waals surface area contributed by atoms with Gasteiger partial charge in [0.25, 0.3) is 5.88 Å². The number of rotatable bonds is 4. The number of nitrogens with zero attached hydrogens (tertiary/aromatic N) is 2. The first-order chi connectivity index (χ1) is 17.2. The third-order valence-corrected chi connectivity index (χ3v) is 5.09. The van der Waals surface area contributed by atoms with Crippen LogP contribution in [0.2, 0.25) is 0 Å². The summed E-state index contributed by atoms with van der Waals surface area (Å²) in [5, 5.41) is 14.2. The number of aliphatic carboxylic acids is 2. The van der Waals surface area contributed by atoms with E-state index in [4.69, 9.17) is 33.7 Å². The number of halogens is 7. The molecule has 1 aliphatic heterocycles. The highest BCUT2D eigenvalue weighted by Gasteiger charge is 2.44. The van der Waals surface area contributed by atoms with Crippen LogP contribution in [0.4, 0.5) is 30.7 Å². The highest BCUT2D eigenvalue weighted by Crippen LogP contribution is 2.34. The molecule has 3 atom stereocenters. The van der Waals surface area contributed by atoms with Gasteiger partial charge in [-0.25, -0.2) is 19.0 Å². The zero-order chi connectivity index (χ0) is 27.8. The van der Waals surface area contributed by atoms with Gasteiger partial charge in [-0.15, -0.1) is 0 Å². The number of carboxylic acids is 2. The maximum atomic E-state index is 13.7. The van der Waals surface area contributed by atoms with Crippen LogP contribution in [0, 0.1) is 5.82 Å². The van der Waals surface area contributed by atoms with Crippen LogP contribution >= 0.6 is 0 Å². The highest BCUT2D eigenvalue weighted by molar-refractivity contribution is 5.73. The largest absolute Gasteiger partial charge is 0.490 e. The Kier molecular flexibility index (Phi) is 10.2. The van der Waals surface area contributed by atoms with Crippen molar-refractivity contribution < 1.29 is 64.4 Å². The van der Waals surface area contributed by atoms with Crippen molar-refractivity contribution in [3.63, 3.8) is 0 Å². The number of hydrogen-bond acceptors (Lipinski definition) is 7. The van der Waals surface area contributed by atoms with Crippen molar-refractivity contribution in [2.24, 2.45) is 0 Å². The predicted molar refractivity (Wildman–Crippen MR) is 108 cm³/mol. The first kappa shape index (κ1) is 29.8. The van der Waals surface area contributed by atoms with Crippen LogP contribution in [-0.4, -0.2) is 75.8 Å². The van der Waals surface area contributed by atoms with Gasteiger partial charge in [0.05, 0.1) is 19.1 Å². The molecule has 4 rings (SSSR count). The fraction of sp³-hybridized carbons (Fsp3) is 0.476. The van der Waals surface area contributed by atoms with E-state index < -0.39 is 30.1 Å². The van der Waals surface area contributed by atoms with Crippen molar-refractivity contribution in [3.8, 4) is 5.88 Å². The van der Waals surface area contributed by atoms with Crippen LogP contribution in [0.15, 0.2) is 41.3 Å². The van der Waals surface area contributed by atoms with Gasteiger partial charge in [-0.05, 0) is 31.0 Å². The Hall–Kier alpha value is -3.40. The lowest BCUT2D eigenvalue weighted by atomic mass is 10.1. The Labute approximate surface area is 204 Å². The van der Waals surface area contributed by atoms with E-state index in [0.29, 0.717) is 6.61 Å². The number of carbonyl (C=O) groups is 2. The molecule has 1 saturated heterocycles. The molecule has 0 radical (unpaired) electrons. The van der Waals surface area contributed by atoms with E-state index in [-0.39, 0.29) is 24.1 Å². The molecule has 0 bridgehead atoms. The molecule has 37 heavy (non-hydrogen) atoms. The maximum absolute atomic E-state index is 13.7. The van der Waals surface area contributed by atoms with Crippen molar-refractivity contribution >= 4 is 11.9 Å². The minimum absolute atomic E-state index is 0.0444. The number of fused-ring (bicyclic) bond motifs is 1. The summed E-state index contributed by atoms with van der Waals surface area (Å²) in [5.74, 6) is -5.88. The molecule has 2 aliphatic rings. The summed E-state index contributed by atoms with van der Waals surface area (Å²) in [5.41, 5.74) is 1.16. The summed E-state index contributed by atoms with van der Waals surface area (Å²) in [6.45, 7) is 2.38. The van der Waals surface area contributed by atoms with Crippen LogP contribution in [0.25, 0.3) is 0 Å². The van der Waals surface area contributed by atoms with Crippen molar-refractivity contribution in [1.82, 2.24) is 9.88 Å². The zero-order valence-electron chi connectivity index (χ0n) is 18.7. The van der Waals surface area contributed by atoms with Gasteiger partial charge in [0.1, 0.15) is 12.2 Å². The van der Waals surface area contributed by atoms with Crippen LogP contribution in [0.1, 0.15) is 18.4 Å². The number of hydrogen-bond donors (Lipinski definition) is 2. The average molecular weight is 546 g/mol. The SMILES string of the molecule is Fc1cccnc1O[C@@H]1CC[C@H]2[C@H]1OCCN2Cc1ccoc1.O=C(O)C(F)(F)F.O=C(O)C(F)(F)F. The zero-order valence-corrected chi connectivity index (χ0v) is 18.7. The van der Waals surface area contributed by atoms with Crippen LogP contribution in [0.3, 0.4) is 0 Å². The van der Waals surface area contributed by atoms with Crippen molar-refractivity contribution in [2.75, 3.05) is 13.2 Å². The minimum Gasteiger partial charge on any atom is -0.475 e. The molecule has 9 nitrogen and oxygen atoms in total. The topological polar surface area (TPSA) is 122 Å². The molecular formula is C21H21F7N2O7. The second-order valence-corrected chi connectivity index (χ2v) is 7.63. The molecule has 0 unspecified atom stereocenters. The molecule has 0 amide bonds. The second-order valence-electron chi connectivity index (χ2n) is 7.63.